The number of aromatic nitrogens is 2. The molecule has 0 atom stereocenters. The molecule has 2 amide bonds. The Hall–Kier alpha value is -2.63. The van der Waals surface area contributed by atoms with Gasteiger partial charge in [-0.3, -0.25) is 14.3 Å². The molecule has 6 nitrogen and oxygen atoms in total. The summed E-state index contributed by atoms with van der Waals surface area (Å²) in [6, 6.07) is 6.92. The highest BCUT2D eigenvalue weighted by Crippen LogP contribution is 2.15. The standard InChI is InChI=1S/C20H28N4O2/c1-13-17(14(2)24(6)23-13)11-12-18(25)21-16-9-7-15(8-10-16)19(26)22-20(3,4)5/h7-10H,11-12H2,1-6H3,(H,21,25)(H,22,26). The van der Waals surface area contributed by atoms with Gasteiger partial charge in [-0.25, -0.2) is 0 Å². The van der Waals surface area contributed by atoms with Crippen LogP contribution in [0.5, 0.6) is 0 Å². The SMILES string of the molecule is Cc1nn(C)c(C)c1CCC(=O)Nc1ccc(C(=O)NC(C)(C)C)cc1. The predicted octanol–water partition coefficient (Wildman–Crippen LogP) is 3.14. The Morgan fingerprint density at radius 2 is 1.73 bits per heavy atom. The zero-order valence-electron chi connectivity index (χ0n) is 16.4. The number of anilines is 1. The van der Waals surface area contributed by atoms with Crippen LogP contribution in [0.1, 0.15) is 54.5 Å². The molecule has 0 aliphatic rings. The van der Waals surface area contributed by atoms with E-state index in [2.05, 4.69) is 15.7 Å². The van der Waals surface area contributed by atoms with Gasteiger partial charge < -0.3 is 10.6 Å². The number of amides is 2. The quantitative estimate of drug-likeness (QED) is 0.864. The van der Waals surface area contributed by atoms with Crippen LogP contribution in [0.2, 0.25) is 0 Å². The van der Waals surface area contributed by atoms with Crippen LogP contribution in [0.4, 0.5) is 5.69 Å². The molecule has 0 fully saturated rings. The van der Waals surface area contributed by atoms with E-state index in [1.54, 1.807) is 24.3 Å². The average molecular weight is 356 g/mol. The summed E-state index contributed by atoms with van der Waals surface area (Å²) in [6.07, 6.45) is 1.04. The maximum absolute atomic E-state index is 12.2. The number of aryl methyl sites for hydroxylation is 2. The summed E-state index contributed by atoms with van der Waals surface area (Å²) in [6.45, 7) is 9.78. The molecule has 0 aliphatic heterocycles. The number of carbonyl (C=O) groups is 2. The normalized spacial score (nSPS) is 11.3. The highest BCUT2D eigenvalue weighted by molar-refractivity contribution is 5.96. The molecule has 6 heteroatoms. The third-order valence-electron chi connectivity index (χ3n) is 4.18. The van der Waals surface area contributed by atoms with Gasteiger partial charge in [-0.2, -0.15) is 5.10 Å². The molecule has 0 saturated carbocycles. The van der Waals surface area contributed by atoms with Gasteiger partial charge in [-0.1, -0.05) is 0 Å². The lowest BCUT2D eigenvalue weighted by Crippen LogP contribution is -2.40. The smallest absolute Gasteiger partial charge is 0.251 e. The van der Waals surface area contributed by atoms with E-state index in [4.69, 9.17) is 0 Å². The van der Waals surface area contributed by atoms with E-state index in [0.29, 0.717) is 24.1 Å². The fourth-order valence-electron chi connectivity index (χ4n) is 2.76. The Morgan fingerprint density at radius 3 is 2.23 bits per heavy atom. The van der Waals surface area contributed by atoms with Gasteiger partial charge in [0.2, 0.25) is 5.91 Å². The molecule has 0 spiro atoms. The van der Waals surface area contributed by atoms with Crippen LogP contribution in [0.15, 0.2) is 24.3 Å². The van der Waals surface area contributed by atoms with Crippen LogP contribution in [0.25, 0.3) is 0 Å². The number of hydrogen-bond donors (Lipinski definition) is 2. The number of carbonyl (C=O) groups excluding carboxylic acids is 2. The molecule has 1 aromatic carbocycles. The van der Waals surface area contributed by atoms with E-state index in [1.807, 2.05) is 46.3 Å². The monoisotopic (exact) mass is 356 g/mol. The van der Waals surface area contributed by atoms with Gasteiger partial charge in [-0.05, 0) is 70.9 Å². The minimum atomic E-state index is -0.285. The molecule has 1 heterocycles. The second-order valence-electron chi connectivity index (χ2n) is 7.60. The summed E-state index contributed by atoms with van der Waals surface area (Å²) in [7, 11) is 1.91. The van der Waals surface area contributed by atoms with Gasteiger partial charge in [-0.15, -0.1) is 0 Å². The van der Waals surface area contributed by atoms with Crippen LogP contribution in [0.3, 0.4) is 0 Å². The predicted molar refractivity (Wildman–Crippen MR) is 103 cm³/mol. The first-order valence-electron chi connectivity index (χ1n) is 8.78. The third kappa shape index (κ3) is 5.18. The Morgan fingerprint density at radius 1 is 1.12 bits per heavy atom. The first-order valence-corrected chi connectivity index (χ1v) is 8.78. The summed E-state index contributed by atoms with van der Waals surface area (Å²) in [5.41, 5.74) is 4.14. The molecule has 2 N–H and O–H groups in total. The molecule has 0 unspecified atom stereocenters. The minimum Gasteiger partial charge on any atom is -0.347 e. The van der Waals surface area contributed by atoms with Crippen molar-refractivity contribution in [2.24, 2.45) is 7.05 Å². The highest BCUT2D eigenvalue weighted by Gasteiger charge is 2.15. The van der Waals surface area contributed by atoms with Gasteiger partial charge in [0.15, 0.2) is 0 Å². The van der Waals surface area contributed by atoms with Crippen LogP contribution < -0.4 is 10.6 Å². The second kappa shape index (κ2) is 7.72. The fourth-order valence-corrected chi connectivity index (χ4v) is 2.76. The van der Waals surface area contributed by atoms with Crippen molar-refractivity contribution in [3.8, 4) is 0 Å². The summed E-state index contributed by atoms with van der Waals surface area (Å²) in [5, 5.41) is 10.2. The molecule has 0 bridgehead atoms. The van der Waals surface area contributed by atoms with E-state index in [-0.39, 0.29) is 17.4 Å². The van der Waals surface area contributed by atoms with Gasteiger partial charge >= 0.3 is 0 Å². The lowest BCUT2D eigenvalue weighted by molar-refractivity contribution is -0.116. The third-order valence-corrected chi connectivity index (χ3v) is 4.18. The van der Waals surface area contributed by atoms with Crippen molar-refractivity contribution in [3.05, 3.63) is 46.8 Å². The van der Waals surface area contributed by atoms with Crippen LogP contribution >= 0.6 is 0 Å². The van der Waals surface area contributed by atoms with Crippen molar-refractivity contribution in [1.29, 1.82) is 0 Å². The van der Waals surface area contributed by atoms with E-state index in [9.17, 15) is 9.59 Å². The lowest BCUT2D eigenvalue weighted by Gasteiger charge is -2.20. The van der Waals surface area contributed by atoms with Crippen LogP contribution in [-0.4, -0.2) is 27.1 Å². The topological polar surface area (TPSA) is 76.0 Å². The highest BCUT2D eigenvalue weighted by atomic mass is 16.2. The van der Waals surface area contributed by atoms with Crippen molar-refractivity contribution in [1.82, 2.24) is 15.1 Å². The van der Waals surface area contributed by atoms with Gasteiger partial charge in [0.05, 0.1) is 5.69 Å². The van der Waals surface area contributed by atoms with Crippen molar-refractivity contribution in [3.63, 3.8) is 0 Å². The number of rotatable bonds is 5. The molecule has 1 aromatic heterocycles. The van der Waals surface area contributed by atoms with Gasteiger partial charge in [0, 0.05) is 36.0 Å². The first-order chi connectivity index (χ1) is 12.1. The second-order valence-corrected chi connectivity index (χ2v) is 7.60. The van der Waals surface area contributed by atoms with Gasteiger partial charge in [0.1, 0.15) is 0 Å². The minimum absolute atomic E-state index is 0.0560. The fraction of sp³-hybridized carbons (Fsp3) is 0.450. The molecule has 0 saturated heterocycles. The van der Waals surface area contributed by atoms with Gasteiger partial charge in [0.25, 0.3) is 5.91 Å². The average Bonchev–Trinajstić information content (AvgIpc) is 2.77. The Kier molecular flexibility index (Phi) is 5.85. The number of hydrogen-bond acceptors (Lipinski definition) is 3. The van der Waals surface area contributed by atoms with Crippen molar-refractivity contribution >= 4 is 17.5 Å². The molecule has 2 rings (SSSR count). The maximum Gasteiger partial charge on any atom is 0.251 e. The molecular formula is C20H28N4O2. The Labute approximate surface area is 155 Å². The van der Waals surface area contributed by atoms with E-state index < -0.39 is 0 Å². The summed E-state index contributed by atoms with van der Waals surface area (Å²) < 4.78 is 1.84. The van der Waals surface area contributed by atoms with E-state index in [0.717, 1.165) is 17.0 Å². The number of nitrogens with one attached hydrogen (secondary N) is 2. The van der Waals surface area contributed by atoms with Crippen molar-refractivity contribution in [2.75, 3.05) is 5.32 Å². The van der Waals surface area contributed by atoms with Crippen molar-refractivity contribution < 1.29 is 9.59 Å². The maximum atomic E-state index is 12.2. The molecule has 140 valence electrons. The van der Waals surface area contributed by atoms with Crippen molar-refractivity contribution in [2.45, 2.75) is 53.0 Å². The molecular weight excluding hydrogens is 328 g/mol. The zero-order chi connectivity index (χ0) is 19.5. The number of benzene rings is 1. The zero-order valence-corrected chi connectivity index (χ0v) is 16.4. The van der Waals surface area contributed by atoms with E-state index in [1.165, 1.54) is 0 Å². The summed E-state index contributed by atoms with van der Waals surface area (Å²) in [5.74, 6) is -0.183. The number of nitrogens with zero attached hydrogens (tertiary/aromatic N) is 2. The molecule has 26 heavy (non-hydrogen) atoms. The lowest BCUT2D eigenvalue weighted by atomic mass is 10.1. The summed E-state index contributed by atoms with van der Waals surface area (Å²) in [4.78, 5) is 24.3. The van der Waals surface area contributed by atoms with Crippen LogP contribution in [-0.2, 0) is 18.3 Å². The summed E-state index contributed by atoms with van der Waals surface area (Å²) >= 11 is 0. The Balaban J connectivity index is 1.92. The molecule has 2 aromatic rings. The first kappa shape index (κ1) is 19.7. The Bertz CT molecular complexity index is 798. The molecule has 0 radical (unpaired) electrons. The van der Waals surface area contributed by atoms with Crippen LogP contribution in [0, 0.1) is 13.8 Å². The largest absolute Gasteiger partial charge is 0.347 e. The van der Waals surface area contributed by atoms with E-state index >= 15 is 0 Å². The molecule has 0 aliphatic carbocycles.